The lowest BCUT2D eigenvalue weighted by Gasteiger charge is -2.55. The van der Waals surface area contributed by atoms with Crippen LogP contribution in [0.25, 0.3) is 16.7 Å². The normalized spacial score (nSPS) is 29.9. The number of aromatic nitrogens is 1. The third kappa shape index (κ3) is 7.35. The number of aromatic hydroxyl groups is 3. The summed E-state index contributed by atoms with van der Waals surface area (Å²) in [4.78, 5) is 3.39. The number of aliphatic hydroxyl groups excluding tert-OH is 3. The lowest BCUT2D eigenvalue weighted by atomic mass is 9.56. The molecule has 2 saturated carbocycles. The molecule has 7 N–H and O–H groups in total. The first-order chi connectivity index (χ1) is 33.0. The van der Waals surface area contributed by atoms with E-state index in [1.54, 1.807) is 17.7 Å². The molecule has 5 aliphatic heterocycles. The van der Waals surface area contributed by atoms with Gasteiger partial charge in [-0.25, -0.2) is 0 Å². The van der Waals surface area contributed by atoms with Gasteiger partial charge in [0.1, 0.15) is 30.0 Å². The van der Waals surface area contributed by atoms with Crippen LogP contribution in [0.1, 0.15) is 124 Å². The molecular weight excluding hydrogens is 939 g/mol. The van der Waals surface area contributed by atoms with Crippen LogP contribution in [0.3, 0.4) is 0 Å². The number of nitrogens with one attached hydrogen (secondary N) is 1. The minimum atomic E-state index is -1.52. The summed E-state index contributed by atoms with van der Waals surface area (Å²) in [6.07, 6.45) is 12.9. The van der Waals surface area contributed by atoms with E-state index in [1.807, 2.05) is 67.6 Å². The van der Waals surface area contributed by atoms with Crippen LogP contribution in [0, 0.1) is 11.8 Å². The molecule has 11 nitrogen and oxygen atoms in total. The highest BCUT2D eigenvalue weighted by molar-refractivity contribution is 8.77. The van der Waals surface area contributed by atoms with Crippen molar-refractivity contribution < 1.29 is 49.6 Å². The number of allylic oxidation sites excluding steroid dienone is 1. The van der Waals surface area contributed by atoms with Crippen LogP contribution in [-0.2, 0) is 11.0 Å². The zero-order chi connectivity index (χ0) is 47.1. The minimum absolute atomic E-state index is 0.00230. The lowest BCUT2D eigenvalue weighted by molar-refractivity contribution is -0.112. The highest BCUT2D eigenvalue weighted by Crippen LogP contribution is 2.70. The maximum Gasteiger partial charge on any atom is 0.207 e. The summed E-state index contributed by atoms with van der Waals surface area (Å²) in [6, 6.07) is 11.3. The Morgan fingerprint density at radius 2 is 1.75 bits per heavy atom. The largest absolute Gasteiger partial charge is 0.508 e. The van der Waals surface area contributed by atoms with E-state index in [9.17, 15) is 30.6 Å². The fourth-order valence-corrected chi connectivity index (χ4v) is 21.1. The third-order valence-corrected chi connectivity index (χ3v) is 23.1. The molecule has 3 fully saturated rings. The predicted molar refractivity (Wildman–Crippen MR) is 273 cm³/mol. The van der Waals surface area contributed by atoms with Crippen LogP contribution in [0.4, 0.5) is 0 Å². The third-order valence-electron chi connectivity index (χ3n) is 16.4. The summed E-state index contributed by atoms with van der Waals surface area (Å²) < 4.78 is 25.8. The van der Waals surface area contributed by atoms with Crippen molar-refractivity contribution >= 4 is 48.7 Å². The van der Waals surface area contributed by atoms with Gasteiger partial charge in [-0.2, -0.15) is 0 Å². The first kappa shape index (κ1) is 46.9. The molecule has 4 aromatic rings. The molecule has 1 saturated heterocycles. The molecule has 15 heteroatoms. The second-order valence-corrected chi connectivity index (χ2v) is 26.0. The number of phenols is 3. The summed E-state index contributed by atoms with van der Waals surface area (Å²) in [5.41, 5.74) is 6.50. The maximum atomic E-state index is 13.6. The van der Waals surface area contributed by atoms with E-state index >= 15 is 0 Å². The Balaban J connectivity index is 1.19. The monoisotopic (exact) mass is 1000 g/mol. The number of ether oxygens (including phenoxy) is 4. The number of hydrogen-bond donors (Lipinski definition) is 7. The van der Waals surface area contributed by atoms with Crippen LogP contribution in [0.5, 0.6) is 40.2 Å². The number of hydrogen-bond acceptors (Lipinski definition) is 14. The molecule has 9 aliphatic rings. The molecule has 3 aromatic carbocycles. The van der Waals surface area contributed by atoms with E-state index in [-0.39, 0.29) is 75.3 Å². The zero-order valence-corrected chi connectivity index (χ0v) is 42.2. The molecule has 8 bridgehead atoms. The average Bonchev–Trinajstić information content (AvgIpc) is 4.04. The van der Waals surface area contributed by atoms with E-state index in [0.717, 1.165) is 85.6 Å². The number of benzene rings is 3. The molecule has 0 radical (unpaired) electrons. The Labute approximate surface area is 414 Å². The number of rotatable bonds is 11. The van der Waals surface area contributed by atoms with Crippen LogP contribution in [-0.4, -0.2) is 96.3 Å². The number of phenolic OH excluding ortho intramolecular Hbond substituents is 3. The zero-order valence-electron chi connectivity index (χ0n) is 38.9. The van der Waals surface area contributed by atoms with Gasteiger partial charge in [-0.15, -0.1) is 0 Å². The minimum Gasteiger partial charge on any atom is -0.508 e. The molecular formula is C53H63NO10S4. The van der Waals surface area contributed by atoms with Crippen LogP contribution < -0.4 is 18.9 Å². The summed E-state index contributed by atoms with van der Waals surface area (Å²) in [6.45, 7) is 4.08. The van der Waals surface area contributed by atoms with Crippen LogP contribution in [0.15, 0.2) is 54.4 Å². The molecule has 1 spiro atoms. The molecule has 6 heterocycles. The second-order valence-electron chi connectivity index (χ2n) is 20.6. The first-order valence-corrected chi connectivity index (χ1v) is 29.1. The lowest BCUT2D eigenvalue weighted by Crippen LogP contribution is -2.57. The quantitative estimate of drug-likeness (QED) is 0.0707. The van der Waals surface area contributed by atoms with E-state index in [2.05, 4.69) is 31.1 Å². The van der Waals surface area contributed by atoms with Gasteiger partial charge in [-0.05, 0) is 133 Å². The van der Waals surface area contributed by atoms with Gasteiger partial charge in [-0.1, -0.05) is 75.9 Å². The Kier molecular flexibility index (Phi) is 12.6. The Bertz CT molecular complexity index is 2600. The molecule has 364 valence electrons. The van der Waals surface area contributed by atoms with Gasteiger partial charge in [0.05, 0.1) is 26.9 Å². The van der Waals surface area contributed by atoms with E-state index in [0.29, 0.717) is 48.5 Å². The second kappa shape index (κ2) is 18.3. The fourth-order valence-electron chi connectivity index (χ4n) is 13.3. The van der Waals surface area contributed by atoms with E-state index in [1.165, 1.54) is 18.2 Å². The van der Waals surface area contributed by atoms with Crippen molar-refractivity contribution in [3.8, 4) is 51.4 Å². The summed E-state index contributed by atoms with van der Waals surface area (Å²) >= 11 is 0. The molecule has 4 aliphatic carbocycles. The van der Waals surface area contributed by atoms with Crippen molar-refractivity contribution in [3.63, 3.8) is 0 Å². The number of aliphatic hydroxyl groups is 3. The topological polar surface area (TPSA) is 174 Å². The molecule has 13 rings (SSSR count). The smallest absolute Gasteiger partial charge is 0.207 e. The number of methoxy groups -OCH3 is 1. The van der Waals surface area contributed by atoms with Crippen LogP contribution >= 0.6 is 43.2 Å². The van der Waals surface area contributed by atoms with E-state index in [4.69, 9.17) is 18.9 Å². The highest BCUT2D eigenvalue weighted by Gasteiger charge is 2.62. The molecule has 1 aromatic heterocycles. The molecule has 8 unspecified atom stereocenters. The van der Waals surface area contributed by atoms with Gasteiger partial charge >= 0.3 is 0 Å². The Morgan fingerprint density at radius 1 is 0.926 bits per heavy atom. The predicted octanol–water partition coefficient (Wildman–Crippen LogP) is 10.9. The van der Waals surface area contributed by atoms with Gasteiger partial charge < -0.3 is 54.6 Å². The summed E-state index contributed by atoms with van der Waals surface area (Å²) in [5.74, 6) is 0.916. The molecule has 68 heavy (non-hydrogen) atoms. The van der Waals surface area contributed by atoms with Gasteiger partial charge in [0.25, 0.3) is 0 Å². The van der Waals surface area contributed by atoms with Gasteiger partial charge in [0, 0.05) is 67.5 Å². The maximum absolute atomic E-state index is 13.6. The number of H-pyrrole nitrogens is 1. The van der Waals surface area contributed by atoms with Crippen molar-refractivity contribution in [1.82, 2.24) is 4.98 Å². The van der Waals surface area contributed by atoms with Crippen molar-refractivity contribution in [2.24, 2.45) is 11.8 Å². The van der Waals surface area contributed by atoms with Crippen molar-refractivity contribution in [3.05, 3.63) is 82.2 Å². The van der Waals surface area contributed by atoms with Gasteiger partial charge in [0.2, 0.25) is 11.5 Å². The van der Waals surface area contributed by atoms with Crippen molar-refractivity contribution in [1.29, 1.82) is 0 Å². The van der Waals surface area contributed by atoms with Crippen molar-refractivity contribution in [2.75, 3.05) is 39.3 Å². The molecule has 8 atom stereocenters. The Morgan fingerprint density at radius 3 is 2.50 bits per heavy atom. The van der Waals surface area contributed by atoms with Gasteiger partial charge in [0.15, 0.2) is 17.1 Å². The average molecular weight is 1000 g/mol. The summed E-state index contributed by atoms with van der Waals surface area (Å²) in [7, 11) is 9.11. The fraction of sp³-hybridized carbons (Fsp3) is 0.547. The number of aromatic amines is 1. The van der Waals surface area contributed by atoms with E-state index < -0.39 is 23.0 Å². The standard InChI is InChI=1S/C53H63NO10S4/c1-28(2)12-18-62-39-23-36(47(58)49(61-3)48(39)59)53-15-10-40-44(50(53)60)43-38(64-53)24-37(63-19-17-55)42-32-8-7-31(57)22-34(32)35-9-6-29-20-33(30-11-16-54-25-30)45(41(21-29)67-66-40)52(13-4-5-14-52)68-65-27-51(35,26-56)46(42)43/h7-8,11,16,22-25,28-29,35,40-41,44,50,54-60H,4-6,9-10,12-15,17-21,26-27H2,1-3H3. The highest BCUT2D eigenvalue weighted by atomic mass is 33.1. The van der Waals surface area contributed by atoms with Gasteiger partial charge in [-0.3, -0.25) is 0 Å². The van der Waals surface area contributed by atoms with Crippen LogP contribution in [0.2, 0.25) is 0 Å². The SMILES string of the molecule is COc1c(O)c(OCCC(C)C)cc(C23CCC4SSC5CC6CCC7c8cc(O)ccc8-c8c(OCCO)cc(c(c8C7(CO)CSSC7(CCCC7)C5=C(c5cc[nH]c5)C6)C4C2O)O3)c1O. The number of fused-ring (bicyclic) bond motifs is 5. The van der Waals surface area contributed by atoms with Crippen molar-refractivity contribution in [2.45, 2.75) is 129 Å². The molecule has 0 amide bonds. The Hall–Kier alpha value is -3.44. The first-order valence-electron chi connectivity index (χ1n) is 24.5. The summed E-state index contributed by atoms with van der Waals surface area (Å²) in [5, 5.41) is 71.6.